The van der Waals surface area contributed by atoms with Crippen molar-refractivity contribution in [2.75, 3.05) is 6.61 Å². The van der Waals surface area contributed by atoms with E-state index < -0.39 is 18.3 Å². The van der Waals surface area contributed by atoms with Crippen LogP contribution in [-0.4, -0.2) is 45.8 Å². The summed E-state index contributed by atoms with van der Waals surface area (Å²) in [4.78, 5) is 0. The van der Waals surface area contributed by atoms with Crippen molar-refractivity contribution in [2.45, 2.75) is 43.2 Å². The van der Waals surface area contributed by atoms with E-state index in [0.717, 1.165) is 12.8 Å². The minimum atomic E-state index is -0.929. The van der Waals surface area contributed by atoms with Gasteiger partial charge in [0.1, 0.15) is 12.2 Å². The van der Waals surface area contributed by atoms with Crippen molar-refractivity contribution < 1.29 is 20.1 Å². The third kappa shape index (κ3) is 1.25. The van der Waals surface area contributed by atoms with Gasteiger partial charge in [0, 0.05) is 6.42 Å². The van der Waals surface area contributed by atoms with E-state index in [2.05, 4.69) is 0 Å². The summed E-state index contributed by atoms with van der Waals surface area (Å²) >= 11 is 0. The van der Waals surface area contributed by atoms with Crippen molar-refractivity contribution in [1.82, 2.24) is 0 Å². The van der Waals surface area contributed by atoms with E-state index in [9.17, 15) is 10.2 Å². The molecule has 1 spiro atoms. The molecule has 4 heteroatoms. The summed E-state index contributed by atoms with van der Waals surface area (Å²) in [6.45, 7) is -0.222. The van der Waals surface area contributed by atoms with Crippen LogP contribution in [0.3, 0.4) is 0 Å². The van der Waals surface area contributed by atoms with Gasteiger partial charge in [0.05, 0.1) is 18.3 Å². The van der Waals surface area contributed by atoms with Crippen LogP contribution in [0.2, 0.25) is 0 Å². The van der Waals surface area contributed by atoms with Crippen LogP contribution in [0.25, 0.3) is 0 Å². The summed E-state index contributed by atoms with van der Waals surface area (Å²) in [6.07, 6.45) is 0.112. The molecule has 0 aromatic rings. The first-order chi connectivity index (χ1) is 5.67. The molecule has 1 saturated carbocycles. The van der Waals surface area contributed by atoms with Gasteiger partial charge in [0.2, 0.25) is 0 Å². The third-order valence-corrected chi connectivity index (χ3v) is 2.75. The minimum Gasteiger partial charge on any atom is -0.394 e. The van der Waals surface area contributed by atoms with Gasteiger partial charge in [-0.2, -0.15) is 0 Å². The van der Waals surface area contributed by atoms with Gasteiger partial charge in [-0.15, -0.1) is 0 Å². The molecule has 4 nitrogen and oxygen atoms in total. The molecule has 2 fully saturated rings. The first-order valence-corrected chi connectivity index (χ1v) is 4.32. The van der Waals surface area contributed by atoms with Crippen molar-refractivity contribution in [2.24, 2.45) is 0 Å². The first kappa shape index (κ1) is 8.44. The van der Waals surface area contributed by atoms with Gasteiger partial charge in [-0.3, -0.25) is 0 Å². The highest BCUT2D eigenvalue weighted by atomic mass is 16.5. The Kier molecular flexibility index (Phi) is 1.88. The van der Waals surface area contributed by atoms with E-state index in [1.165, 1.54) is 0 Å². The zero-order chi connectivity index (χ0) is 8.77. The number of aliphatic hydroxyl groups excluding tert-OH is 3. The van der Waals surface area contributed by atoms with E-state index in [-0.39, 0.29) is 12.2 Å². The Morgan fingerprint density at radius 1 is 1.33 bits per heavy atom. The fourth-order valence-electron chi connectivity index (χ4n) is 1.80. The van der Waals surface area contributed by atoms with Crippen molar-refractivity contribution >= 4 is 0 Å². The van der Waals surface area contributed by atoms with E-state index in [0.29, 0.717) is 6.42 Å². The monoisotopic (exact) mass is 174 g/mol. The molecule has 0 amide bonds. The number of hydrogen-bond acceptors (Lipinski definition) is 4. The molecule has 1 saturated heterocycles. The highest BCUT2D eigenvalue weighted by Crippen LogP contribution is 2.47. The summed E-state index contributed by atoms with van der Waals surface area (Å²) in [5.74, 6) is 0. The molecule has 0 bridgehead atoms. The van der Waals surface area contributed by atoms with Crippen molar-refractivity contribution in [3.05, 3.63) is 0 Å². The van der Waals surface area contributed by atoms with Crippen LogP contribution in [0.5, 0.6) is 0 Å². The number of aliphatic hydroxyl groups is 3. The van der Waals surface area contributed by atoms with Gasteiger partial charge in [-0.05, 0) is 12.8 Å². The number of rotatable bonds is 1. The molecule has 12 heavy (non-hydrogen) atoms. The second kappa shape index (κ2) is 2.67. The SMILES string of the molecule is OC[C@H]1OC2(CC2)C[C@@H](O)C1O. The lowest BCUT2D eigenvalue weighted by molar-refractivity contribution is -0.189. The van der Waals surface area contributed by atoms with Gasteiger partial charge in [0.15, 0.2) is 0 Å². The lowest BCUT2D eigenvalue weighted by atomic mass is 9.97. The van der Waals surface area contributed by atoms with E-state index in [4.69, 9.17) is 9.84 Å². The smallest absolute Gasteiger partial charge is 0.110 e. The second-order valence-electron chi connectivity index (χ2n) is 3.78. The zero-order valence-electron chi connectivity index (χ0n) is 6.81. The molecule has 2 rings (SSSR count). The van der Waals surface area contributed by atoms with Crippen LogP contribution >= 0.6 is 0 Å². The summed E-state index contributed by atoms with van der Waals surface area (Å²) in [5.41, 5.74) is -0.216. The predicted molar refractivity (Wildman–Crippen MR) is 40.6 cm³/mol. The molecule has 3 atom stereocenters. The maximum Gasteiger partial charge on any atom is 0.110 e. The molecule has 0 aromatic carbocycles. The minimum absolute atomic E-state index is 0.216. The Balaban J connectivity index is 2.04. The Morgan fingerprint density at radius 3 is 2.50 bits per heavy atom. The number of hydrogen-bond donors (Lipinski definition) is 3. The molecular formula is C8H14O4. The normalized spacial score (nSPS) is 44.8. The quantitative estimate of drug-likeness (QED) is 0.478. The molecule has 2 aliphatic rings. The molecule has 1 aliphatic carbocycles. The Labute approximate surface area is 70.8 Å². The molecule has 0 aromatic heterocycles. The van der Waals surface area contributed by atoms with Crippen LogP contribution in [0, 0.1) is 0 Å². The van der Waals surface area contributed by atoms with Gasteiger partial charge < -0.3 is 20.1 Å². The number of ether oxygens (including phenoxy) is 1. The summed E-state index contributed by atoms with van der Waals surface area (Å²) in [5, 5.41) is 27.6. The third-order valence-electron chi connectivity index (χ3n) is 2.75. The molecule has 1 aliphatic heterocycles. The highest BCUT2D eigenvalue weighted by Gasteiger charge is 2.53. The van der Waals surface area contributed by atoms with Crippen molar-refractivity contribution in [1.29, 1.82) is 0 Å². The van der Waals surface area contributed by atoms with Crippen LogP contribution in [-0.2, 0) is 4.74 Å². The van der Waals surface area contributed by atoms with Gasteiger partial charge in [-0.25, -0.2) is 0 Å². The van der Waals surface area contributed by atoms with Gasteiger partial charge in [0.25, 0.3) is 0 Å². The fraction of sp³-hybridized carbons (Fsp3) is 1.00. The van der Waals surface area contributed by atoms with Crippen molar-refractivity contribution in [3.8, 4) is 0 Å². The average molecular weight is 174 g/mol. The Bertz CT molecular complexity index is 178. The van der Waals surface area contributed by atoms with Crippen LogP contribution in [0.4, 0.5) is 0 Å². The van der Waals surface area contributed by atoms with Crippen LogP contribution in [0.15, 0.2) is 0 Å². The standard InChI is InChI=1S/C8H14O4/c9-4-6-7(11)5(10)3-8(12-6)1-2-8/h5-7,9-11H,1-4H2/t5-,6-,7?/m1/s1. The Hall–Kier alpha value is -0.160. The summed E-state index contributed by atoms with van der Waals surface area (Å²) in [7, 11) is 0. The summed E-state index contributed by atoms with van der Waals surface area (Å²) in [6, 6.07) is 0. The maximum absolute atomic E-state index is 9.41. The zero-order valence-corrected chi connectivity index (χ0v) is 6.81. The fourth-order valence-corrected chi connectivity index (χ4v) is 1.80. The van der Waals surface area contributed by atoms with E-state index in [1.54, 1.807) is 0 Å². The summed E-state index contributed by atoms with van der Waals surface area (Å²) < 4.78 is 5.46. The van der Waals surface area contributed by atoms with E-state index in [1.807, 2.05) is 0 Å². The topological polar surface area (TPSA) is 69.9 Å². The first-order valence-electron chi connectivity index (χ1n) is 4.32. The lowest BCUT2D eigenvalue weighted by Crippen LogP contribution is -2.50. The van der Waals surface area contributed by atoms with Gasteiger partial charge in [-0.1, -0.05) is 0 Å². The second-order valence-corrected chi connectivity index (χ2v) is 3.78. The molecule has 1 heterocycles. The van der Waals surface area contributed by atoms with Crippen LogP contribution in [0.1, 0.15) is 19.3 Å². The molecule has 3 N–H and O–H groups in total. The highest BCUT2D eigenvalue weighted by molar-refractivity contribution is 5.03. The average Bonchev–Trinajstić information content (AvgIpc) is 2.78. The lowest BCUT2D eigenvalue weighted by Gasteiger charge is -2.36. The molecule has 1 unspecified atom stereocenters. The molecule has 70 valence electrons. The molecular weight excluding hydrogens is 160 g/mol. The van der Waals surface area contributed by atoms with Crippen molar-refractivity contribution in [3.63, 3.8) is 0 Å². The largest absolute Gasteiger partial charge is 0.394 e. The Morgan fingerprint density at radius 2 is 2.00 bits per heavy atom. The maximum atomic E-state index is 9.41. The van der Waals surface area contributed by atoms with Gasteiger partial charge >= 0.3 is 0 Å². The molecule has 0 radical (unpaired) electrons. The van der Waals surface area contributed by atoms with Crippen LogP contribution < -0.4 is 0 Å². The van der Waals surface area contributed by atoms with E-state index >= 15 is 0 Å². The predicted octanol–water partition coefficient (Wildman–Crippen LogP) is -0.978.